The largest absolute Gasteiger partial charge is 0.313 e. The van der Waals surface area contributed by atoms with Crippen LogP contribution in [0.15, 0.2) is 24.3 Å². The Bertz CT molecular complexity index is 453. The van der Waals surface area contributed by atoms with Crippen molar-refractivity contribution in [3.05, 3.63) is 35.4 Å². The van der Waals surface area contributed by atoms with Gasteiger partial charge in [0, 0.05) is 12.0 Å². The third kappa shape index (κ3) is 3.04. The zero-order valence-electron chi connectivity index (χ0n) is 13.8. The summed E-state index contributed by atoms with van der Waals surface area (Å²) in [5.41, 5.74) is 3.22. The first-order chi connectivity index (χ1) is 10.3. The van der Waals surface area contributed by atoms with E-state index in [4.69, 9.17) is 0 Å². The van der Waals surface area contributed by atoms with E-state index in [9.17, 15) is 0 Å². The Morgan fingerprint density at radius 1 is 1.14 bits per heavy atom. The van der Waals surface area contributed by atoms with E-state index in [-0.39, 0.29) is 0 Å². The van der Waals surface area contributed by atoms with E-state index in [2.05, 4.69) is 43.4 Å². The van der Waals surface area contributed by atoms with Gasteiger partial charge in [-0.25, -0.2) is 0 Å². The summed E-state index contributed by atoms with van der Waals surface area (Å²) in [5, 5.41) is 3.95. The Hall–Kier alpha value is -0.820. The fourth-order valence-electron chi connectivity index (χ4n) is 4.74. The summed E-state index contributed by atoms with van der Waals surface area (Å²) >= 11 is 0. The van der Waals surface area contributed by atoms with E-state index in [1.165, 1.54) is 51.5 Å². The Balaban J connectivity index is 1.78. The van der Waals surface area contributed by atoms with Crippen LogP contribution in [0.25, 0.3) is 0 Å². The number of rotatable bonds is 6. The molecule has 0 bridgehead atoms. The molecule has 4 atom stereocenters. The van der Waals surface area contributed by atoms with Crippen LogP contribution in [-0.2, 0) is 6.42 Å². The smallest absolute Gasteiger partial charge is 0.0170 e. The second-order valence-electron chi connectivity index (χ2n) is 7.11. The van der Waals surface area contributed by atoms with Crippen LogP contribution >= 0.6 is 0 Å². The van der Waals surface area contributed by atoms with Gasteiger partial charge in [-0.05, 0) is 48.8 Å². The molecule has 1 aromatic carbocycles. The van der Waals surface area contributed by atoms with E-state index in [0.717, 1.165) is 17.8 Å². The number of benzene rings is 1. The summed E-state index contributed by atoms with van der Waals surface area (Å²) in [4.78, 5) is 0. The second kappa shape index (κ2) is 6.96. The number of fused-ring (bicyclic) bond motifs is 1. The molecule has 0 amide bonds. The normalized spacial score (nSPS) is 29.5. The van der Waals surface area contributed by atoms with E-state index >= 15 is 0 Å². The number of hydrogen-bond acceptors (Lipinski definition) is 1. The van der Waals surface area contributed by atoms with Crippen LogP contribution in [0.2, 0.25) is 0 Å². The molecule has 4 unspecified atom stereocenters. The summed E-state index contributed by atoms with van der Waals surface area (Å²) in [6, 6.07) is 9.82. The highest BCUT2D eigenvalue weighted by atomic mass is 14.9. The zero-order chi connectivity index (χ0) is 14.7. The maximum absolute atomic E-state index is 3.95. The molecule has 3 rings (SSSR count). The van der Waals surface area contributed by atoms with Crippen LogP contribution in [0.4, 0.5) is 0 Å². The van der Waals surface area contributed by atoms with Gasteiger partial charge in [-0.2, -0.15) is 0 Å². The summed E-state index contributed by atoms with van der Waals surface area (Å²) in [7, 11) is 0. The van der Waals surface area contributed by atoms with Gasteiger partial charge in [0.25, 0.3) is 0 Å². The van der Waals surface area contributed by atoms with Crippen LogP contribution in [0, 0.1) is 11.8 Å². The first-order valence-corrected chi connectivity index (χ1v) is 9.16. The fraction of sp³-hybridized carbons (Fsp3) is 0.700. The van der Waals surface area contributed by atoms with Gasteiger partial charge in [0.05, 0.1) is 0 Å². The first kappa shape index (κ1) is 15.1. The van der Waals surface area contributed by atoms with E-state index < -0.39 is 0 Å². The topological polar surface area (TPSA) is 12.0 Å². The molecule has 0 saturated heterocycles. The molecule has 0 aromatic heterocycles. The Morgan fingerprint density at radius 2 is 1.95 bits per heavy atom. The van der Waals surface area contributed by atoms with Crippen molar-refractivity contribution in [1.29, 1.82) is 0 Å². The minimum atomic E-state index is 0.713. The Morgan fingerprint density at radius 3 is 2.71 bits per heavy atom. The van der Waals surface area contributed by atoms with Crippen molar-refractivity contribution >= 4 is 0 Å². The standard InChI is InChI=1S/C20H31N/c1-3-13-21-20(18-12-8-5-9-15(18)4-2)19-14-16-10-6-7-11-17(16)19/h6-7,10-11,15,18-21H,3-5,8-9,12-14H2,1-2H3. The van der Waals surface area contributed by atoms with Crippen LogP contribution in [0.3, 0.4) is 0 Å². The van der Waals surface area contributed by atoms with Gasteiger partial charge in [-0.15, -0.1) is 0 Å². The molecule has 0 aliphatic heterocycles. The molecule has 116 valence electrons. The first-order valence-electron chi connectivity index (χ1n) is 9.16. The molecule has 1 saturated carbocycles. The molecule has 21 heavy (non-hydrogen) atoms. The lowest BCUT2D eigenvalue weighted by Gasteiger charge is -2.45. The van der Waals surface area contributed by atoms with Crippen molar-refractivity contribution in [2.24, 2.45) is 11.8 Å². The molecule has 2 aliphatic carbocycles. The SMILES string of the molecule is CCCNC(C1Cc2ccccc21)C1CCCCC1CC. The van der Waals surface area contributed by atoms with Crippen molar-refractivity contribution in [2.45, 2.75) is 70.8 Å². The van der Waals surface area contributed by atoms with Crippen molar-refractivity contribution in [3.8, 4) is 0 Å². The minimum absolute atomic E-state index is 0.713. The minimum Gasteiger partial charge on any atom is -0.313 e. The van der Waals surface area contributed by atoms with Gasteiger partial charge in [0.15, 0.2) is 0 Å². The maximum atomic E-state index is 3.95. The lowest BCUT2D eigenvalue weighted by atomic mass is 9.64. The third-order valence-electron chi connectivity index (χ3n) is 5.91. The van der Waals surface area contributed by atoms with Crippen LogP contribution in [0.1, 0.15) is 69.4 Å². The van der Waals surface area contributed by atoms with Gasteiger partial charge in [0.1, 0.15) is 0 Å². The van der Waals surface area contributed by atoms with Crippen LogP contribution in [0.5, 0.6) is 0 Å². The van der Waals surface area contributed by atoms with Gasteiger partial charge < -0.3 is 5.32 Å². The van der Waals surface area contributed by atoms with Gasteiger partial charge >= 0.3 is 0 Å². The molecule has 1 aromatic rings. The van der Waals surface area contributed by atoms with Gasteiger partial charge in [0.2, 0.25) is 0 Å². The fourth-order valence-corrected chi connectivity index (χ4v) is 4.74. The quantitative estimate of drug-likeness (QED) is 0.783. The summed E-state index contributed by atoms with van der Waals surface area (Å²) in [6.07, 6.45) is 9.71. The number of hydrogen-bond donors (Lipinski definition) is 1. The highest BCUT2D eigenvalue weighted by Crippen LogP contribution is 2.44. The molecule has 2 aliphatic rings. The van der Waals surface area contributed by atoms with Crippen LogP contribution < -0.4 is 5.32 Å². The molecular formula is C20H31N. The molecule has 0 radical (unpaired) electrons. The molecule has 1 fully saturated rings. The highest BCUT2D eigenvalue weighted by Gasteiger charge is 2.39. The predicted molar refractivity (Wildman–Crippen MR) is 90.7 cm³/mol. The molecule has 1 nitrogen and oxygen atoms in total. The van der Waals surface area contributed by atoms with E-state index in [1.54, 1.807) is 11.1 Å². The van der Waals surface area contributed by atoms with Gasteiger partial charge in [-0.1, -0.05) is 63.8 Å². The number of nitrogens with one attached hydrogen (secondary N) is 1. The molecule has 0 heterocycles. The Kier molecular flexibility index (Phi) is 5.00. The zero-order valence-corrected chi connectivity index (χ0v) is 13.8. The third-order valence-corrected chi connectivity index (χ3v) is 5.91. The van der Waals surface area contributed by atoms with Crippen molar-refractivity contribution in [3.63, 3.8) is 0 Å². The highest BCUT2D eigenvalue weighted by molar-refractivity contribution is 5.41. The molecule has 1 N–H and O–H groups in total. The van der Waals surface area contributed by atoms with E-state index in [0.29, 0.717) is 6.04 Å². The summed E-state index contributed by atoms with van der Waals surface area (Å²) in [6.45, 7) is 5.86. The maximum Gasteiger partial charge on any atom is 0.0170 e. The average Bonchev–Trinajstić information content (AvgIpc) is 2.51. The lowest BCUT2D eigenvalue weighted by molar-refractivity contribution is 0.151. The average molecular weight is 285 g/mol. The molecule has 1 heteroatoms. The van der Waals surface area contributed by atoms with E-state index in [1.807, 2.05) is 0 Å². The monoisotopic (exact) mass is 285 g/mol. The second-order valence-corrected chi connectivity index (χ2v) is 7.11. The lowest BCUT2D eigenvalue weighted by Crippen LogP contribution is -2.48. The molecular weight excluding hydrogens is 254 g/mol. The van der Waals surface area contributed by atoms with Crippen molar-refractivity contribution in [1.82, 2.24) is 5.32 Å². The molecule has 0 spiro atoms. The van der Waals surface area contributed by atoms with Crippen LogP contribution in [-0.4, -0.2) is 12.6 Å². The summed E-state index contributed by atoms with van der Waals surface area (Å²) in [5.74, 6) is 2.61. The Labute approximate surface area is 130 Å². The predicted octanol–water partition coefficient (Wildman–Crippen LogP) is 4.91. The summed E-state index contributed by atoms with van der Waals surface area (Å²) < 4.78 is 0. The van der Waals surface area contributed by atoms with Gasteiger partial charge in [-0.3, -0.25) is 0 Å². The van der Waals surface area contributed by atoms with Crippen molar-refractivity contribution in [2.75, 3.05) is 6.54 Å². The van der Waals surface area contributed by atoms with Crippen molar-refractivity contribution < 1.29 is 0 Å².